The number of benzene rings is 2. The van der Waals surface area contributed by atoms with Crippen LogP contribution in [0.2, 0.25) is 0 Å². The molecular weight excluding hydrogens is 468 g/mol. The average Bonchev–Trinajstić information content (AvgIpc) is 3.30. The normalized spacial score (nSPS) is 11.9. The molecule has 0 aliphatic carbocycles. The van der Waals surface area contributed by atoms with E-state index in [4.69, 9.17) is 0 Å². The lowest BCUT2D eigenvalue weighted by Crippen LogP contribution is -2.45. The van der Waals surface area contributed by atoms with Crippen LogP contribution in [0.1, 0.15) is 49.2 Å². The third-order valence-corrected chi connectivity index (χ3v) is 6.03. The minimum atomic E-state index is -1.01. The highest BCUT2D eigenvalue weighted by Crippen LogP contribution is 2.29. The molecule has 0 radical (unpaired) electrons. The van der Waals surface area contributed by atoms with Gasteiger partial charge in [-0.25, -0.2) is 4.68 Å². The minimum Gasteiger partial charge on any atom is -0.354 e. The van der Waals surface area contributed by atoms with E-state index in [0.29, 0.717) is 40.3 Å². The number of ketones is 1. The van der Waals surface area contributed by atoms with Crippen molar-refractivity contribution < 1.29 is 14.4 Å². The fourth-order valence-corrected chi connectivity index (χ4v) is 4.09. The number of rotatable bonds is 10. The molecule has 0 fully saturated rings. The zero-order valence-corrected chi connectivity index (χ0v) is 21.2. The SMILES string of the molecule is CC(=O)c1cccc(N(C(=O)Cn2nnc3ccccc32)[C@H](C(=O)NCCC(C)C)c2cccnc2)c1. The first-order valence-electron chi connectivity index (χ1n) is 12.2. The van der Waals surface area contributed by atoms with Crippen molar-refractivity contribution in [3.8, 4) is 0 Å². The van der Waals surface area contributed by atoms with Gasteiger partial charge in [0.2, 0.25) is 11.8 Å². The number of Topliss-reactive ketones (excluding diaryl/α,β-unsaturated/α-hetero) is 1. The summed E-state index contributed by atoms with van der Waals surface area (Å²) in [6.45, 7) is 5.94. The number of nitrogens with zero attached hydrogens (tertiary/aromatic N) is 5. The highest BCUT2D eigenvalue weighted by molar-refractivity contribution is 6.03. The number of anilines is 1. The molecule has 2 amide bonds. The minimum absolute atomic E-state index is 0.143. The molecule has 1 atom stereocenters. The van der Waals surface area contributed by atoms with Gasteiger partial charge in [0, 0.05) is 35.8 Å². The number of pyridine rings is 1. The maximum atomic E-state index is 14.0. The molecule has 2 aromatic carbocycles. The molecule has 0 bridgehead atoms. The maximum absolute atomic E-state index is 14.0. The summed E-state index contributed by atoms with van der Waals surface area (Å²) in [5.41, 5.74) is 2.78. The van der Waals surface area contributed by atoms with Gasteiger partial charge in [-0.1, -0.05) is 49.4 Å². The molecule has 4 rings (SSSR count). The number of carbonyl (C=O) groups excluding carboxylic acids is 3. The molecule has 0 saturated carbocycles. The summed E-state index contributed by atoms with van der Waals surface area (Å²) < 4.78 is 1.51. The predicted molar refractivity (Wildman–Crippen MR) is 141 cm³/mol. The van der Waals surface area contributed by atoms with Crippen molar-refractivity contribution in [3.63, 3.8) is 0 Å². The third kappa shape index (κ3) is 6.06. The van der Waals surface area contributed by atoms with Gasteiger partial charge in [-0.3, -0.25) is 24.3 Å². The largest absolute Gasteiger partial charge is 0.354 e. The van der Waals surface area contributed by atoms with Crippen LogP contribution < -0.4 is 10.2 Å². The van der Waals surface area contributed by atoms with Gasteiger partial charge >= 0.3 is 0 Å². The Morgan fingerprint density at radius 2 is 1.84 bits per heavy atom. The second kappa shape index (κ2) is 11.6. The van der Waals surface area contributed by atoms with E-state index >= 15 is 0 Å². The van der Waals surface area contributed by atoms with Crippen LogP contribution in [-0.2, 0) is 16.1 Å². The van der Waals surface area contributed by atoms with Crippen molar-refractivity contribution in [3.05, 3.63) is 84.2 Å². The summed E-state index contributed by atoms with van der Waals surface area (Å²) >= 11 is 0. The van der Waals surface area contributed by atoms with Crippen LogP contribution in [-0.4, -0.2) is 44.1 Å². The molecule has 1 N–H and O–H groups in total. The molecule has 0 spiro atoms. The number of hydrogen-bond donors (Lipinski definition) is 1. The van der Waals surface area contributed by atoms with Crippen LogP contribution in [0.5, 0.6) is 0 Å². The van der Waals surface area contributed by atoms with E-state index in [1.54, 1.807) is 48.8 Å². The van der Waals surface area contributed by atoms with E-state index in [-0.39, 0.29) is 24.1 Å². The van der Waals surface area contributed by atoms with Crippen molar-refractivity contribution in [1.29, 1.82) is 0 Å². The quantitative estimate of drug-likeness (QED) is 0.331. The molecule has 0 unspecified atom stereocenters. The average molecular weight is 499 g/mol. The van der Waals surface area contributed by atoms with Crippen molar-refractivity contribution in [1.82, 2.24) is 25.3 Å². The summed E-state index contributed by atoms with van der Waals surface area (Å²) in [5.74, 6) is -0.457. The molecule has 9 nitrogen and oxygen atoms in total. The van der Waals surface area contributed by atoms with Crippen molar-refractivity contribution in [2.75, 3.05) is 11.4 Å². The van der Waals surface area contributed by atoms with Crippen LogP contribution in [0.4, 0.5) is 5.69 Å². The topological polar surface area (TPSA) is 110 Å². The Labute approximate surface area is 215 Å². The Morgan fingerprint density at radius 3 is 2.57 bits per heavy atom. The van der Waals surface area contributed by atoms with Gasteiger partial charge in [-0.15, -0.1) is 5.10 Å². The molecule has 0 saturated heterocycles. The Bertz CT molecular complexity index is 1400. The van der Waals surface area contributed by atoms with E-state index in [2.05, 4.69) is 34.5 Å². The highest BCUT2D eigenvalue weighted by atomic mass is 16.2. The smallest absolute Gasteiger partial charge is 0.249 e. The maximum Gasteiger partial charge on any atom is 0.249 e. The molecule has 4 aromatic rings. The zero-order chi connectivity index (χ0) is 26.4. The number of amides is 2. The van der Waals surface area contributed by atoms with Gasteiger partial charge in [0.15, 0.2) is 5.78 Å². The first-order chi connectivity index (χ1) is 17.8. The fraction of sp³-hybridized carbons (Fsp3) is 0.286. The standard InChI is InChI=1S/C28H30N6O3/c1-19(2)13-15-30-28(37)27(22-9-7-14-29-17-22)34(23-10-6-8-21(16-23)20(3)35)26(36)18-33-25-12-5-4-11-24(25)31-32-33/h4-12,14,16-17,19,27H,13,15,18H2,1-3H3,(H,30,37)/t27-/m0/s1. The molecule has 190 valence electrons. The summed E-state index contributed by atoms with van der Waals surface area (Å²) in [7, 11) is 0. The second-order valence-corrected chi connectivity index (χ2v) is 9.27. The highest BCUT2D eigenvalue weighted by Gasteiger charge is 2.33. The lowest BCUT2D eigenvalue weighted by molar-refractivity contribution is -0.127. The summed E-state index contributed by atoms with van der Waals surface area (Å²) in [5, 5.41) is 11.3. The van der Waals surface area contributed by atoms with E-state index in [1.807, 2.05) is 24.3 Å². The van der Waals surface area contributed by atoms with Gasteiger partial charge in [0.05, 0.1) is 5.52 Å². The van der Waals surface area contributed by atoms with Gasteiger partial charge in [-0.05, 0) is 49.6 Å². The van der Waals surface area contributed by atoms with Crippen LogP contribution in [0.3, 0.4) is 0 Å². The van der Waals surface area contributed by atoms with Crippen molar-refractivity contribution >= 4 is 34.3 Å². The lowest BCUT2D eigenvalue weighted by atomic mass is 10.0. The predicted octanol–water partition coefficient (Wildman–Crippen LogP) is 3.97. The first-order valence-corrected chi connectivity index (χ1v) is 12.2. The van der Waals surface area contributed by atoms with E-state index in [1.165, 1.54) is 16.5 Å². The summed E-state index contributed by atoms with van der Waals surface area (Å²) in [6, 6.07) is 16.6. The van der Waals surface area contributed by atoms with Crippen LogP contribution in [0.15, 0.2) is 73.1 Å². The number of para-hydroxylation sites is 1. The number of nitrogens with one attached hydrogen (secondary N) is 1. The third-order valence-electron chi connectivity index (χ3n) is 6.03. The Balaban J connectivity index is 1.78. The van der Waals surface area contributed by atoms with E-state index in [0.717, 1.165) is 6.42 Å². The summed E-state index contributed by atoms with van der Waals surface area (Å²) in [6.07, 6.45) is 3.98. The number of fused-ring (bicyclic) bond motifs is 1. The zero-order valence-electron chi connectivity index (χ0n) is 21.2. The molecule has 2 heterocycles. The van der Waals surface area contributed by atoms with Crippen LogP contribution >= 0.6 is 0 Å². The van der Waals surface area contributed by atoms with E-state index in [9.17, 15) is 14.4 Å². The van der Waals surface area contributed by atoms with Crippen molar-refractivity contribution in [2.45, 2.75) is 39.8 Å². The molecule has 37 heavy (non-hydrogen) atoms. The van der Waals surface area contributed by atoms with Crippen LogP contribution in [0, 0.1) is 5.92 Å². The number of aromatic nitrogens is 4. The molecular formula is C28H30N6O3. The number of carbonyl (C=O) groups is 3. The van der Waals surface area contributed by atoms with E-state index < -0.39 is 6.04 Å². The first kappa shape index (κ1) is 25.7. The molecule has 2 aromatic heterocycles. The van der Waals surface area contributed by atoms with Gasteiger partial charge in [-0.2, -0.15) is 0 Å². The fourth-order valence-electron chi connectivity index (χ4n) is 4.09. The van der Waals surface area contributed by atoms with Gasteiger partial charge in [0.1, 0.15) is 18.1 Å². The van der Waals surface area contributed by atoms with Gasteiger partial charge < -0.3 is 5.32 Å². The van der Waals surface area contributed by atoms with Crippen LogP contribution in [0.25, 0.3) is 11.0 Å². The Hall–Kier alpha value is -4.40. The Kier molecular flexibility index (Phi) is 8.02. The number of hydrogen-bond acceptors (Lipinski definition) is 6. The second-order valence-electron chi connectivity index (χ2n) is 9.27. The molecule has 0 aliphatic heterocycles. The molecule has 9 heteroatoms. The summed E-state index contributed by atoms with van der Waals surface area (Å²) in [4.78, 5) is 45.4. The lowest BCUT2D eigenvalue weighted by Gasteiger charge is -2.31. The molecule has 0 aliphatic rings. The monoisotopic (exact) mass is 498 g/mol. The van der Waals surface area contributed by atoms with Gasteiger partial charge in [0.25, 0.3) is 0 Å². The van der Waals surface area contributed by atoms with Crippen molar-refractivity contribution in [2.24, 2.45) is 5.92 Å². The Morgan fingerprint density at radius 1 is 1.03 bits per heavy atom.